The maximum atomic E-state index is 12.6. The summed E-state index contributed by atoms with van der Waals surface area (Å²) in [6, 6.07) is 13.2. The van der Waals surface area contributed by atoms with Crippen LogP contribution in [-0.4, -0.2) is 48.3 Å². The van der Waals surface area contributed by atoms with Crippen molar-refractivity contribution in [1.29, 1.82) is 0 Å². The number of aromatic nitrogens is 2. The molecular weight excluding hydrogens is 398 g/mol. The lowest BCUT2D eigenvalue weighted by molar-refractivity contribution is -0.128. The van der Waals surface area contributed by atoms with Crippen molar-refractivity contribution in [3.05, 3.63) is 53.9 Å². The molecule has 162 valence electrons. The molecule has 0 aliphatic carbocycles. The summed E-state index contributed by atoms with van der Waals surface area (Å²) in [5.74, 6) is 2.86. The largest absolute Gasteiger partial charge is 0.494 e. The minimum Gasteiger partial charge on any atom is -0.494 e. The van der Waals surface area contributed by atoms with Crippen LogP contribution >= 0.6 is 0 Å². The van der Waals surface area contributed by atoms with Crippen LogP contribution in [0.25, 0.3) is 11.4 Å². The van der Waals surface area contributed by atoms with Gasteiger partial charge in [-0.15, -0.1) is 0 Å². The number of benzene rings is 2. The lowest BCUT2D eigenvalue weighted by Crippen LogP contribution is -2.24. The van der Waals surface area contributed by atoms with Gasteiger partial charge in [-0.05, 0) is 42.8 Å². The number of ether oxygens (including phenoxy) is 3. The number of hydrogen-bond donors (Lipinski definition) is 0. The third-order valence-corrected chi connectivity index (χ3v) is 5.23. The van der Waals surface area contributed by atoms with E-state index in [9.17, 15) is 4.79 Å². The van der Waals surface area contributed by atoms with Crippen LogP contribution in [0.2, 0.25) is 0 Å². The zero-order chi connectivity index (χ0) is 21.8. The summed E-state index contributed by atoms with van der Waals surface area (Å²) in [6.45, 7) is 3.61. The highest BCUT2D eigenvalue weighted by molar-refractivity contribution is 5.79. The minimum absolute atomic E-state index is 0.0673. The fourth-order valence-corrected chi connectivity index (χ4v) is 3.70. The van der Waals surface area contributed by atoms with Crippen molar-refractivity contribution in [2.24, 2.45) is 0 Å². The molecule has 0 radical (unpaired) electrons. The summed E-state index contributed by atoms with van der Waals surface area (Å²) in [5, 5.41) is 4.10. The topological polar surface area (TPSA) is 86.9 Å². The molecule has 8 heteroatoms. The van der Waals surface area contributed by atoms with Gasteiger partial charge in [0.05, 0.1) is 26.7 Å². The monoisotopic (exact) mass is 423 g/mol. The van der Waals surface area contributed by atoms with Crippen molar-refractivity contribution in [3.63, 3.8) is 0 Å². The Bertz CT molecular complexity index is 1060. The van der Waals surface area contributed by atoms with Gasteiger partial charge in [-0.2, -0.15) is 4.98 Å². The lowest BCUT2D eigenvalue weighted by Gasteiger charge is -2.16. The normalized spacial score (nSPS) is 15.9. The molecule has 3 aromatic rings. The Morgan fingerprint density at radius 3 is 2.74 bits per heavy atom. The molecule has 0 bridgehead atoms. The average molecular weight is 423 g/mol. The number of rotatable bonds is 8. The predicted octanol–water partition coefficient (Wildman–Crippen LogP) is 3.67. The molecule has 1 fully saturated rings. The number of hydrogen-bond acceptors (Lipinski definition) is 7. The third-order valence-electron chi connectivity index (χ3n) is 5.23. The van der Waals surface area contributed by atoms with Gasteiger partial charge >= 0.3 is 0 Å². The Morgan fingerprint density at radius 2 is 1.97 bits per heavy atom. The van der Waals surface area contributed by atoms with E-state index in [0.29, 0.717) is 49.3 Å². The summed E-state index contributed by atoms with van der Waals surface area (Å²) in [7, 11) is 3.16. The second-order valence-electron chi connectivity index (χ2n) is 7.28. The second kappa shape index (κ2) is 9.07. The number of carbonyl (C=O) groups excluding carboxylic acids is 1. The number of carbonyl (C=O) groups is 1. The molecule has 2 aromatic carbocycles. The van der Waals surface area contributed by atoms with E-state index in [2.05, 4.69) is 10.1 Å². The zero-order valence-corrected chi connectivity index (χ0v) is 17.8. The molecule has 1 saturated heterocycles. The van der Waals surface area contributed by atoms with Gasteiger partial charge < -0.3 is 23.6 Å². The van der Waals surface area contributed by atoms with E-state index in [1.54, 1.807) is 26.4 Å². The lowest BCUT2D eigenvalue weighted by atomic mass is 10.1. The van der Waals surface area contributed by atoms with Crippen LogP contribution in [0.4, 0.5) is 0 Å². The Labute approximate surface area is 180 Å². The molecule has 8 nitrogen and oxygen atoms in total. The Hall–Kier alpha value is -3.55. The zero-order valence-electron chi connectivity index (χ0n) is 17.8. The molecule has 1 aliphatic heterocycles. The Kier molecular flexibility index (Phi) is 6.06. The highest BCUT2D eigenvalue weighted by atomic mass is 16.5. The summed E-state index contributed by atoms with van der Waals surface area (Å²) in [6.07, 6.45) is 0.346. The molecule has 4 rings (SSSR count). The van der Waals surface area contributed by atoms with E-state index in [1.165, 1.54) is 0 Å². The summed E-state index contributed by atoms with van der Waals surface area (Å²) in [5.41, 5.74) is 1.78. The summed E-state index contributed by atoms with van der Waals surface area (Å²) in [4.78, 5) is 18.9. The van der Waals surface area contributed by atoms with E-state index in [4.69, 9.17) is 18.7 Å². The summed E-state index contributed by atoms with van der Waals surface area (Å²) >= 11 is 0. The van der Waals surface area contributed by atoms with E-state index < -0.39 is 0 Å². The molecule has 2 heterocycles. The van der Waals surface area contributed by atoms with E-state index in [1.807, 2.05) is 42.2 Å². The summed E-state index contributed by atoms with van der Waals surface area (Å²) < 4.78 is 21.7. The molecule has 1 amide bonds. The van der Waals surface area contributed by atoms with Gasteiger partial charge in [-0.1, -0.05) is 17.3 Å². The molecule has 0 N–H and O–H groups in total. The van der Waals surface area contributed by atoms with Crippen molar-refractivity contribution in [1.82, 2.24) is 15.0 Å². The predicted molar refractivity (Wildman–Crippen MR) is 113 cm³/mol. The van der Waals surface area contributed by atoms with E-state index >= 15 is 0 Å². The van der Waals surface area contributed by atoms with Crippen LogP contribution in [0.5, 0.6) is 17.2 Å². The highest BCUT2D eigenvalue weighted by Crippen LogP contribution is 2.33. The first-order chi connectivity index (χ1) is 15.1. The fraction of sp³-hybridized carbons (Fsp3) is 0.348. The van der Waals surface area contributed by atoms with Gasteiger partial charge in [0.15, 0.2) is 11.5 Å². The molecule has 1 atom stereocenters. The van der Waals surface area contributed by atoms with E-state index in [-0.39, 0.29) is 11.8 Å². The minimum atomic E-state index is -0.135. The molecule has 0 saturated carbocycles. The molecule has 1 unspecified atom stereocenters. The highest BCUT2D eigenvalue weighted by Gasteiger charge is 2.34. The van der Waals surface area contributed by atoms with Crippen molar-refractivity contribution >= 4 is 5.91 Å². The van der Waals surface area contributed by atoms with Gasteiger partial charge in [0, 0.05) is 25.1 Å². The van der Waals surface area contributed by atoms with Crippen LogP contribution < -0.4 is 14.2 Å². The smallest absolute Gasteiger partial charge is 0.232 e. The average Bonchev–Trinajstić information content (AvgIpc) is 3.41. The first-order valence-corrected chi connectivity index (χ1v) is 10.2. The second-order valence-corrected chi connectivity index (χ2v) is 7.28. The fourth-order valence-electron chi connectivity index (χ4n) is 3.70. The molecular formula is C23H25N3O5. The first-order valence-electron chi connectivity index (χ1n) is 10.2. The number of likely N-dealkylation sites (tertiary alicyclic amines) is 1. The van der Waals surface area contributed by atoms with Crippen LogP contribution in [0.3, 0.4) is 0 Å². The molecule has 0 spiro atoms. The SMILES string of the molecule is CCOc1cccc(CN2CC(c3nc(-c4ccc(OC)c(OC)c4)no3)CC2=O)c1. The van der Waals surface area contributed by atoms with Crippen molar-refractivity contribution in [2.75, 3.05) is 27.4 Å². The number of nitrogens with zero attached hydrogens (tertiary/aromatic N) is 3. The standard InChI is InChI=1S/C23H25N3O5/c1-4-30-18-7-5-6-15(10-18)13-26-14-17(12-21(26)27)23-24-22(25-31-23)16-8-9-19(28-2)20(11-16)29-3/h5-11,17H,4,12-14H2,1-3H3. The van der Waals surface area contributed by atoms with Gasteiger partial charge in [0.25, 0.3) is 0 Å². The van der Waals surface area contributed by atoms with Crippen LogP contribution in [0.1, 0.15) is 30.7 Å². The van der Waals surface area contributed by atoms with Crippen molar-refractivity contribution in [3.8, 4) is 28.6 Å². The van der Waals surface area contributed by atoms with Gasteiger partial charge in [0.2, 0.25) is 17.6 Å². The maximum Gasteiger partial charge on any atom is 0.232 e. The van der Waals surface area contributed by atoms with Crippen LogP contribution in [0.15, 0.2) is 47.0 Å². The third kappa shape index (κ3) is 4.47. The first kappa shape index (κ1) is 20.7. The van der Waals surface area contributed by atoms with Crippen LogP contribution in [0, 0.1) is 0 Å². The quantitative estimate of drug-likeness (QED) is 0.546. The molecule has 1 aliphatic rings. The van der Waals surface area contributed by atoms with E-state index in [0.717, 1.165) is 16.9 Å². The Morgan fingerprint density at radius 1 is 1.13 bits per heavy atom. The number of methoxy groups -OCH3 is 2. The molecule has 1 aromatic heterocycles. The maximum absolute atomic E-state index is 12.6. The van der Waals surface area contributed by atoms with Gasteiger partial charge in [0.1, 0.15) is 5.75 Å². The van der Waals surface area contributed by atoms with Crippen molar-refractivity contribution < 1.29 is 23.5 Å². The Balaban J connectivity index is 1.46. The molecule has 31 heavy (non-hydrogen) atoms. The van der Waals surface area contributed by atoms with Crippen molar-refractivity contribution in [2.45, 2.75) is 25.8 Å². The van der Waals surface area contributed by atoms with Gasteiger partial charge in [-0.25, -0.2) is 0 Å². The number of amides is 1. The van der Waals surface area contributed by atoms with Crippen LogP contribution in [-0.2, 0) is 11.3 Å². The van der Waals surface area contributed by atoms with Gasteiger partial charge in [-0.3, -0.25) is 4.79 Å².